The van der Waals surface area contributed by atoms with Crippen molar-refractivity contribution in [3.63, 3.8) is 0 Å². The lowest BCUT2D eigenvalue weighted by Crippen LogP contribution is -2.27. The van der Waals surface area contributed by atoms with Gasteiger partial charge in [0, 0.05) is 6.61 Å². The number of rotatable bonds is 8. The van der Waals surface area contributed by atoms with Crippen LogP contribution >= 0.6 is 0 Å². The van der Waals surface area contributed by atoms with Crippen molar-refractivity contribution >= 4 is 10.1 Å². The summed E-state index contributed by atoms with van der Waals surface area (Å²) < 4.78 is 26.2. The van der Waals surface area contributed by atoms with E-state index in [1.807, 2.05) is 40.7 Å². The maximum Gasteiger partial charge on any atom is 0.264 e. The standard InChI is InChI=1S/C9H18O3S.C8H16O/c1-6-8(2)9(3,4)7-12-13(5,10)11;1-5-7(2)8(3,4)6-9/h6,8H,1,7H2,2-5H3;5,7,9H,1,6H2,2-4H3. The summed E-state index contributed by atoms with van der Waals surface area (Å²) in [6, 6.07) is 0. The van der Waals surface area contributed by atoms with E-state index in [4.69, 9.17) is 9.29 Å². The van der Waals surface area contributed by atoms with E-state index in [2.05, 4.69) is 20.1 Å². The van der Waals surface area contributed by atoms with Crippen LogP contribution in [0.3, 0.4) is 0 Å². The van der Waals surface area contributed by atoms with Crippen LogP contribution in [0.15, 0.2) is 25.3 Å². The van der Waals surface area contributed by atoms with Crippen LogP contribution in [0.2, 0.25) is 0 Å². The minimum Gasteiger partial charge on any atom is -0.396 e. The first kappa shape index (κ1) is 23.6. The topological polar surface area (TPSA) is 63.6 Å². The maximum absolute atomic E-state index is 10.7. The predicted molar refractivity (Wildman–Crippen MR) is 94.2 cm³/mol. The van der Waals surface area contributed by atoms with E-state index in [9.17, 15) is 8.42 Å². The van der Waals surface area contributed by atoms with Crippen molar-refractivity contribution in [2.45, 2.75) is 41.5 Å². The summed E-state index contributed by atoms with van der Waals surface area (Å²) in [5.74, 6) is 0.594. The van der Waals surface area contributed by atoms with Gasteiger partial charge in [-0.05, 0) is 22.7 Å². The molecule has 0 aromatic carbocycles. The molecule has 0 aliphatic carbocycles. The molecule has 22 heavy (non-hydrogen) atoms. The monoisotopic (exact) mass is 334 g/mol. The average molecular weight is 335 g/mol. The van der Waals surface area contributed by atoms with Gasteiger partial charge in [0.1, 0.15) is 0 Å². The summed E-state index contributed by atoms with van der Waals surface area (Å²) >= 11 is 0. The molecule has 0 bridgehead atoms. The first-order valence-electron chi connectivity index (χ1n) is 7.44. The molecule has 0 radical (unpaired) electrons. The second-order valence-electron chi connectivity index (χ2n) is 7.15. The van der Waals surface area contributed by atoms with E-state index in [0.29, 0.717) is 5.92 Å². The van der Waals surface area contributed by atoms with E-state index >= 15 is 0 Å². The zero-order valence-corrected chi connectivity index (χ0v) is 16.0. The van der Waals surface area contributed by atoms with Gasteiger partial charge in [0.2, 0.25) is 0 Å². The van der Waals surface area contributed by atoms with Gasteiger partial charge in [0.25, 0.3) is 10.1 Å². The summed E-state index contributed by atoms with van der Waals surface area (Å²) in [4.78, 5) is 0. The molecule has 0 saturated carbocycles. The van der Waals surface area contributed by atoms with E-state index in [1.54, 1.807) is 6.08 Å². The fraction of sp³-hybridized carbons (Fsp3) is 0.765. The highest BCUT2D eigenvalue weighted by atomic mass is 32.2. The highest BCUT2D eigenvalue weighted by molar-refractivity contribution is 7.85. The fourth-order valence-electron chi connectivity index (χ4n) is 1.17. The van der Waals surface area contributed by atoms with Gasteiger partial charge in [-0.15, -0.1) is 13.2 Å². The van der Waals surface area contributed by atoms with Gasteiger partial charge in [-0.1, -0.05) is 53.7 Å². The first-order chi connectivity index (χ1) is 9.73. The molecule has 0 heterocycles. The van der Waals surface area contributed by atoms with Crippen molar-refractivity contribution in [3.8, 4) is 0 Å². The van der Waals surface area contributed by atoms with Crippen molar-refractivity contribution in [1.82, 2.24) is 0 Å². The normalized spacial score (nSPS) is 15.3. The van der Waals surface area contributed by atoms with Crippen molar-refractivity contribution in [2.24, 2.45) is 22.7 Å². The molecule has 0 aliphatic rings. The van der Waals surface area contributed by atoms with Crippen LogP contribution in [0.5, 0.6) is 0 Å². The number of hydrogen-bond donors (Lipinski definition) is 1. The van der Waals surface area contributed by atoms with Gasteiger partial charge in [0.15, 0.2) is 0 Å². The Balaban J connectivity index is 0. The third kappa shape index (κ3) is 10.1. The number of aliphatic hydroxyl groups excluding tert-OH is 1. The zero-order valence-electron chi connectivity index (χ0n) is 15.2. The van der Waals surface area contributed by atoms with E-state index < -0.39 is 10.1 Å². The van der Waals surface area contributed by atoms with Gasteiger partial charge in [0.05, 0.1) is 12.9 Å². The largest absolute Gasteiger partial charge is 0.396 e. The predicted octanol–water partition coefficient (Wildman–Crippen LogP) is 3.64. The van der Waals surface area contributed by atoms with Crippen molar-refractivity contribution in [2.75, 3.05) is 19.5 Å². The Bertz CT molecular complexity index is 436. The number of allylic oxidation sites excluding steroid dienone is 2. The smallest absolute Gasteiger partial charge is 0.264 e. The highest BCUT2D eigenvalue weighted by Gasteiger charge is 2.25. The molecule has 0 amide bonds. The summed E-state index contributed by atoms with van der Waals surface area (Å²) in [6.45, 7) is 19.7. The Morgan fingerprint density at radius 1 is 1.05 bits per heavy atom. The Labute approximate surface area is 137 Å². The fourth-order valence-corrected chi connectivity index (χ4v) is 1.69. The lowest BCUT2D eigenvalue weighted by atomic mass is 9.81. The van der Waals surface area contributed by atoms with Crippen LogP contribution in [0.25, 0.3) is 0 Å². The molecular formula is C17H34O4S. The van der Waals surface area contributed by atoms with Crippen LogP contribution < -0.4 is 0 Å². The molecule has 0 saturated heterocycles. The van der Waals surface area contributed by atoms with Crippen LogP contribution in [0.4, 0.5) is 0 Å². The zero-order chi connectivity index (χ0) is 18.2. The minimum absolute atomic E-state index is 0.0122. The van der Waals surface area contributed by atoms with Crippen LogP contribution in [-0.2, 0) is 14.3 Å². The van der Waals surface area contributed by atoms with Gasteiger partial charge >= 0.3 is 0 Å². The summed E-state index contributed by atoms with van der Waals surface area (Å²) in [7, 11) is -3.33. The molecule has 0 fully saturated rings. The van der Waals surface area contributed by atoms with Gasteiger partial charge in [-0.25, -0.2) is 0 Å². The van der Waals surface area contributed by atoms with E-state index in [1.165, 1.54) is 0 Å². The Morgan fingerprint density at radius 2 is 1.41 bits per heavy atom. The Kier molecular flexibility index (Phi) is 10.2. The molecule has 4 nitrogen and oxygen atoms in total. The number of hydrogen-bond acceptors (Lipinski definition) is 4. The number of aliphatic hydroxyl groups is 1. The summed E-state index contributed by atoms with van der Waals surface area (Å²) in [6.07, 6.45) is 4.73. The van der Waals surface area contributed by atoms with Gasteiger partial charge < -0.3 is 5.11 Å². The first-order valence-corrected chi connectivity index (χ1v) is 9.25. The molecule has 2 unspecified atom stereocenters. The van der Waals surface area contributed by atoms with Gasteiger partial charge in [-0.2, -0.15) is 8.42 Å². The summed E-state index contributed by atoms with van der Waals surface area (Å²) in [5.41, 5.74) is -0.216. The molecule has 5 heteroatoms. The van der Waals surface area contributed by atoms with E-state index in [-0.39, 0.29) is 30.0 Å². The Morgan fingerprint density at radius 3 is 1.64 bits per heavy atom. The molecule has 0 rings (SSSR count). The van der Waals surface area contributed by atoms with Crippen LogP contribution in [0, 0.1) is 22.7 Å². The van der Waals surface area contributed by atoms with Crippen LogP contribution in [-0.4, -0.2) is 33.0 Å². The lowest BCUT2D eigenvalue weighted by Gasteiger charge is -2.28. The second kappa shape index (κ2) is 9.48. The molecule has 0 aromatic rings. The third-order valence-corrected chi connectivity index (χ3v) is 4.77. The molecule has 0 aromatic heterocycles. The maximum atomic E-state index is 10.7. The van der Waals surface area contributed by atoms with Crippen molar-refractivity contribution in [1.29, 1.82) is 0 Å². The molecule has 2 atom stereocenters. The van der Waals surface area contributed by atoms with Crippen molar-refractivity contribution < 1.29 is 17.7 Å². The molecule has 0 spiro atoms. The van der Waals surface area contributed by atoms with Gasteiger partial charge in [-0.3, -0.25) is 4.18 Å². The third-order valence-electron chi connectivity index (χ3n) is 4.22. The highest BCUT2D eigenvalue weighted by Crippen LogP contribution is 2.28. The Hall–Kier alpha value is -0.650. The minimum atomic E-state index is -3.33. The molecule has 0 aliphatic heterocycles. The quantitative estimate of drug-likeness (QED) is 0.544. The SMILES string of the molecule is C=CC(C)C(C)(C)CO.C=CC(C)C(C)(C)COS(C)(=O)=O. The second-order valence-corrected chi connectivity index (χ2v) is 8.79. The lowest BCUT2D eigenvalue weighted by molar-refractivity contribution is 0.125. The molecule has 132 valence electrons. The molecular weight excluding hydrogens is 300 g/mol. The molecule has 1 N–H and O–H groups in total. The van der Waals surface area contributed by atoms with Crippen molar-refractivity contribution in [3.05, 3.63) is 25.3 Å². The van der Waals surface area contributed by atoms with Crippen LogP contribution in [0.1, 0.15) is 41.5 Å². The summed E-state index contributed by atoms with van der Waals surface area (Å²) in [5, 5.41) is 8.85. The average Bonchev–Trinajstić information content (AvgIpc) is 2.43. The van der Waals surface area contributed by atoms with E-state index in [0.717, 1.165) is 6.26 Å².